The Balaban J connectivity index is 1.47. The molecular weight excluding hydrogens is 366 g/mol. The maximum atomic E-state index is 13.0. The van der Waals surface area contributed by atoms with E-state index in [2.05, 4.69) is 15.4 Å². The van der Waals surface area contributed by atoms with Crippen LogP contribution in [0.3, 0.4) is 0 Å². The van der Waals surface area contributed by atoms with Crippen molar-refractivity contribution < 1.29 is 9.59 Å². The van der Waals surface area contributed by atoms with Gasteiger partial charge in [0.1, 0.15) is 5.69 Å². The molecule has 7 heteroatoms. The fraction of sp³-hybridized carbons (Fsp3) is 0.273. The number of amides is 2. The fourth-order valence-electron chi connectivity index (χ4n) is 3.37. The molecule has 1 aliphatic heterocycles. The number of aryl methyl sites for hydroxylation is 2. The fourth-order valence-corrected chi connectivity index (χ4v) is 3.37. The van der Waals surface area contributed by atoms with Crippen molar-refractivity contribution in [3.63, 3.8) is 0 Å². The lowest BCUT2D eigenvalue weighted by Gasteiger charge is -2.20. The van der Waals surface area contributed by atoms with Gasteiger partial charge in [0.05, 0.1) is 12.2 Å². The first-order valence-corrected chi connectivity index (χ1v) is 9.71. The molecule has 0 saturated heterocycles. The van der Waals surface area contributed by atoms with Gasteiger partial charge in [-0.2, -0.15) is 5.10 Å². The molecule has 0 radical (unpaired) electrons. The predicted molar refractivity (Wildman–Crippen MR) is 108 cm³/mol. The minimum absolute atomic E-state index is 0.0978. The third-order valence-electron chi connectivity index (χ3n) is 4.97. The van der Waals surface area contributed by atoms with E-state index in [-0.39, 0.29) is 17.5 Å². The molecule has 1 aliphatic rings. The lowest BCUT2D eigenvalue weighted by Crippen LogP contribution is -2.30. The normalized spacial score (nSPS) is 13.7. The van der Waals surface area contributed by atoms with Crippen LogP contribution >= 0.6 is 0 Å². The molecule has 2 amide bonds. The zero-order chi connectivity index (χ0) is 20.2. The molecule has 1 aromatic carbocycles. The van der Waals surface area contributed by atoms with Crippen molar-refractivity contribution in [3.8, 4) is 0 Å². The molecule has 0 atom stereocenters. The molecule has 0 spiro atoms. The zero-order valence-corrected chi connectivity index (χ0v) is 16.3. The Kier molecular flexibility index (Phi) is 5.37. The summed E-state index contributed by atoms with van der Waals surface area (Å²) < 4.78 is 1.65. The number of hydrogen-bond donors (Lipinski definition) is 1. The minimum Gasteiger partial charge on any atom is -0.345 e. The molecule has 148 valence electrons. The van der Waals surface area contributed by atoms with Crippen LogP contribution in [0.2, 0.25) is 0 Å². The van der Waals surface area contributed by atoms with E-state index in [0.717, 1.165) is 17.7 Å². The molecule has 0 fully saturated rings. The second-order valence-electron chi connectivity index (χ2n) is 7.21. The smallest absolute Gasteiger partial charge is 0.272 e. The van der Waals surface area contributed by atoms with E-state index >= 15 is 0 Å². The number of nitrogens with zero attached hydrogens (tertiary/aromatic N) is 4. The highest BCUT2D eigenvalue weighted by Gasteiger charge is 2.26. The van der Waals surface area contributed by atoms with Gasteiger partial charge in [0, 0.05) is 31.9 Å². The van der Waals surface area contributed by atoms with E-state index in [1.165, 1.54) is 5.56 Å². The van der Waals surface area contributed by atoms with Gasteiger partial charge in [-0.3, -0.25) is 19.3 Å². The lowest BCUT2D eigenvalue weighted by atomic mass is 10.1. The molecule has 2 aromatic heterocycles. The van der Waals surface area contributed by atoms with Crippen LogP contribution in [0.25, 0.3) is 0 Å². The van der Waals surface area contributed by atoms with Gasteiger partial charge in [0.25, 0.3) is 11.8 Å². The summed E-state index contributed by atoms with van der Waals surface area (Å²) >= 11 is 0. The molecular formula is C22H23N5O2. The van der Waals surface area contributed by atoms with Gasteiger partial charge < -0.3 is 10.2 Å². The van der Waals surface area contributed by atoms with Crippen molar-refractivity contribution in [1.82, 2.24) is 25.0 Å². The number of hydrogen-bond acceptors (Lipinski definition) is 4. The van der Waals surface area contributed by atoms with Crippen LogP contribution < -0.4 is 5.32 Å². The quantitative estimate of drug-likeness (QED) is 0.727. The highest BCUT2D eigenvalue weighted by molar-refractivity contribution is 5.98. The van der Waals surface area contributed by atoms with Crippen molar-refractivity contribution in [1.29, 1.82) is 0 Å². The highest BCUT2D eigenvalue weighted by atomic mass is 16.2. The Bertz CT molecular complexity index is 1010. The van der Waals surface area contributed by atoms with Crippen LogP contribution in [0.1, 0.15) is 44.2 Å². The Labute approximate surface area is 169 Å². The topological polar surface area (TPSA) is 80.1 Å². The zero-order valence-electron chi connectivity index (χ0n) is 16.3. The van der Waals surface area contributed by atoms with Crippen molar-refractivity contribution >= 4 is 11.8 Å². The summed E-state index contributed by atoms with van der Waals surface area (Å²) in [5.41, 5.74) is 3.75. The van der Waals surface area contributed by atoms with Crippen LogP contribution in [0.5, 0.6) is 0 Å². The van der Waals surface area contributed by atoms with E-state index in [1.807, 2.05) is 54.3 Å². The van der Waals surface area contributed by atoms with Crippen LogP contribution in [-0.2, 0) is 19.6 Å². The summed E-state index contributed by atoms with van der Waals surface area (Å²) in [5.74, 6) is -0.409. The van der Waals surface area contributed by atoms with Gasteiger partial charge >= 0.3 is 0 Å². The van der Waals surface area contributed by atoms with Crippen molar-refractivity contribution in [2.45, 2.75) is 33.0 Å². The SMILES string of the molecule is Cc1ccc(CN2CCCn3nc(C(=O)NCc4ccccn4)cc3C2=O)cc1. The first kappa shape index (κ1) is 18.9. The van der Waals surface area contributed by atoms with Gasteiger partial charge in [0.2, 0.25) is 0 Å². The molecule has 0 bridgehead atoms. The third kappa shape index (κ3) is 4.34. The van der Waals surface area contributed by atoms with Crippen LogP contribution in [0, 0.1) is 6.92 Å². The van der Waals surface area contributed by atoms with Crippen LogP contribution in [0.4, 0.5) is 0 Å². The summed E-state index contributed by atoms with van der Waals surface area (Å²) in [6.45, 7) is 4.18. The molecule has 29 heavy (non-hydrogen) atoms. The van der Waals surface area contributed by atoms with E-state index in [4.69, 9.17) is 0 Å². The number of pyridine rings is 1. The molecule has 0 saturated carbocycles. The van der Waals surface area contributed by atoms with Crippen LogP contribution in [-0.4, -0.2) is 38.0 Å². The molecule has 4 rings (SSSR count). The molecule has 3 aromatic rings. The van der Waals surface area contributed by atoms with E-state index in [9.17, 15) is 9.59 Å². The number of aromatic nitrogens is 3. The second kappa shape index (κ2) is 8.26. The average molecular weight is 389 g/mol. The van der Waals surface area contributed by atoms with E-state index in [0.29, 0.717) is 31.9 Å². The molecule has 1 N–H and O–H groups in total. The Hall–Kier alpha value is -3.48. The summed E-state index contributed by atoms with van der Waals surface area (Å²) in [5, 5.41) is 7.17. The highest BCUT2D eigenvalue weighted by Crippen LogP contribution is 2.17. The first-order chi connectivity index (χ1) is 14.1. The minimum atomic E-state index is -0.311. The Morgan fingerprint density at radius 2 is 1.97 bits per heavy atom. The maximum Gasteiger partial charge on any atom is 0.272 e. The van der Waals surface area contributed by atoms with Gasteiger partial charge in [-0.05, 0) is 31.0 Å². The Morgan fingerprint density at radius 1 is 1.14 bits per heavy atom. The Morgan fingerprint density at radius 3 is 2.72 bits per heavy atom. The van der Waals surface area contributed by atoms with Crippen molar-refractivity contribution in [3.05, 3.63) is 82.9 Å². The number of carbonyl (C=O) groups excluding carboxylic acids is 2. The number of benzene rings is 1. The van der Waals surface area contributed by atoms with Crippen molar-refractivity contribution in [2.24, 2.45) is 0 Å². The summed E-state index contributed by atoms with van der Waals surface area (Å²) in [7, 11) is 0. The van der Waals surface area contributed by atoms with E-state index < -0.39 is 0 Å². The maximum absolute atomic E-state index is 13.0. The molecule has 3 heterocycles. The summed E-state index contributed by atoms with van der Waals surface area (Å²) in [6.07, 6.45) is 2.48. The molecule has 0 aliphatic carbocycles. The molecule has 0 unspecified atom stereocenters. The van der Waals surface area contributed by atoms with Gasteiger partial charge in [-0.1, -0.05) is 35.9 Å². The number of carbonyl (C=O) groups is 2. The monoisotopic (exact) mass is 389 g/mol. The first-order valence-electron chi connectivity index (χ1n) is 9.71. The number of nitrogens with one attached hydrogen (secondary N) is 1. The van der Waals surface area contributed by atoms with E-state index in [1.54, 1.807) is 16.9 Å². The van der Waals surface area contributed by atoms with Gasteiger partial charge in [-0.15, -0.1) is 0 Å². The number of rotatable bonds is 5. The lowest BCUT2D eigenvalue weighted by molar-refractivity contribution is 0.0745. The van der Waals surface area contributed by atoms with Crippen LogP contribution in [0.15, 0.2) is 54.7 Å². The number of fused-ring (bicyclic) bond motifs is 1. The second-order valence-corrected chi connectivity index (χ2v) is 7.21. The van der Waals surface area contributed by atoms with Gasteiger partial charge in [0.15, 0.2) is 5.69 Å². The summed E-state index contributed by atoms with van der Waals surface area (Å²) in [6, 6.07) is 15.3. The third-order valence-corrected chi connectivity index (χ3v) is 4.97. The summed E-state index contributed by atoms with van der Waals surface area (Å²) in [4.78, 5) is 31.5. The molecule has 7 nitrogen and oxygen atoms in total. The van der Waals surface area contributed by atoms with Crippen molar-refractivity contribution in [2.75, 3.05) is 6.54 Å². The largest absolute Gasteiger partial charge is 0.345 e. The standard InChI is InChI=1S/C22H23N5O2/c1-16-6-8-17(9-7-16)15-26-11-4-12-27-20(22(26)29)13-19(25-27)21(28)24-14-18-5-2-3-10-23-18/h2-3,5-10,13H,4,11-12,14-15H2,1H3,(H,24,28). The van der Waals surface area contributed by atoms with Gasteiger partial charge in [-0.25, -0.2) is 0 Å². The average Bonchev–Trinajstić information content (AvgIpc) is 3.11. The predicted octanol–water partition coefficient (Wildman–Crippen LogP) is 2.56.